The van der Waals surface area contributed by atoms with Crippen LogP contribution in [0.25, 0.3) is 0 Å². The third-order valence-corrected chi connectivity index (χ3v) is 2.53. The summed E-state index contributed by atoms with van der Waals surface area (Å²) in [5.41, 5.74) is 0. The van der Waals surface area contributed by atoms with E-state index < -0.39 is 0 Å². The van der Waals surface area contributed by atoms with Crippen molar-refractivity contribution in [2.75, 3.05) is 39.3 Å². The Labute approximate surface area is 86.2 Å². The van der Waals surface area contributed by atoms with E-state index in [1.165, 1.54) is 6.42 Å². The zero-order chi connectivity index (χ0) is 10.4. The first-order valence-corrected chi connectivity index (χ1v) is 5.53. The van der Waals surface area contributed by atoms with Gasteiger partial charge in [-0.15, -0.1) is 0 Å². The molecule has 2 amide bonds. The Morgan fingerprint density at radius 3 is 2.36 bits per heavy atom. The molecule has 0 saturated carbocycles. The molecular formula is C10H21N3O. The highest BCUT2D eigenvalue weighted by Crippen LogP contribution is 2.02. The number of nitrogens with one attached hydrogen (secondary N) is 1. The molecule has 0 radical (unpaired) electrons. The highest BCUT2D eigenvalue weighted by atomic mass is 16.2. The molecule has 14 heavy (non-hydrogen) atoms. The monoisotopic (exact) mass is 199 g/mol. The molecule has 0 bridgehead atoms. The summed E-state index contributed by atoms with van der Waals surface area (Å²) >= 11 is 0. The number of hydrogen-bond acceptors (Lipinski definition) is 2. The van der Waals surface area contributed by atoms with Crippen molar-refractivity contribution in [3.05, 3.63) is 0 Å². The summed E-state index contributed by atoms with van der Waals surface area (Å²) in [5.74, 6) is 0. The molecule has 1 fully saturated rings. The number of carbonyl (C=O) groups excluding carboxylic acids is 1. The molecule has 1 rings (SSSR count). The van der Waals surface area contributed by atoms with Gasteiger partial charge in [-0.1, -0.05) is 6.92 Å². The van der Waals surface area contributed by atoms with E-state index in [0.717, 1.165) is 32.7 Å². The Morgan fingerprint density at radius 2 is 1.86 bits per heavy atom. The van der Waals surface area contributed by atoms with Gasteiger partial charge in [0.05, 0.1) is 0 Å². The number of nitrogens with zero attached hydrogens (tertiary/aromatic N) is 2. The van der Waals surface area contributed by atoms with E-state index in [0.29, 0.717) is 6.54 Å². The summed E-state index contributed by atoms with van der Waals surface area (Å²) < 4.78 is 0. The van der Waals surface area contributed by atoms with Crippen molar-refractivity contribution in [2.24, 2.45) is 0 Å². The first kappa shape index (κ1) is 11.3. The summed E-state index contributed by atoms with van der Waals surface area (Å²) in [6.45, 7) is 9.78. The predicted octanol–water partition coefficient (Wildman–Crippen LogP) is 0.744. The minimum atomic E-state index is 0.0867. The van der Waals surface area contributed by atoms with Crippen LogP contribution in [0.15, 0.2) is 0 Å². The number of piperazine rings is 1. The molecule has 1 aliphatic heterocycles. The normalized spacial score (nSPS) is 18.3. The summed E-state index contributed by atoms with van der Waals surface area (Å²) in [6.07, 6.45) is 1.20. The maximum Gasteiger partial charge on any atom is 0.317 e. The molecule has 0 spiro atoms. The smallest absolute Gasteiger partial charge is 0.317 e. The fourth-order valence-corrected chi connectivity index (χ4v) is 1.75. The van der Waals surface area contributed by atoms with Crippen molar-refractivity contribution in [1.82, 2.24) is 15.1 Å². The van der Waals surface area contributed by atoms with Crippen LogP contribution in [-0.2, 0) is 0 Å². The average Bonchev–Trinajstić information content (AvgIpc) is 2.20. The Hall–Kier alpha value is -0.770. The molecule has 0 aromatic carbocycles. The largest absolute Gasteiger partial charge is 0.338 e. The average molecular weight is 199 g/mol. The van der Waals surface area contributed by atoms with Gasteiger partial charge in [-0.05, 0) is 19.9 Å². The zero-order valence-corrected chi connectivity index (χ0v) is 9.25. The fraction of sp³-hybridized carbons (Fsp3) is 0.900. The van der Waals surface area contributed by atoms with Gasteiger partial charge in [0.2, 0.25) is 0 Å². The number of carbonyl (C=O) groups is 1. The van der Waals surface area contributed by atoms with Gasteiger partial charge in [-0.25, -0.2) is 4.79 Å². The highest BCUT2D eigenvalue weighted by Gasteiger charge is 2.19. The van der Waals surface area contributed by atoms with Crippen molar-refractivity contribution >= 4 is 6.03 Å². The number of hydrogen-bond donors (Lipinski definition) is 1. The molecule has 1 aliphatic rings. The SMILES string of the molecule is CCCN1CCN(C(=O)NCC)CC1. The molecule has 1 saturated heterocycles. The van der Waals surface area contributed by atoms with Crippen molar-refractivity contribution < 1.29 is 4.79 Å². The quantitative estimate of drug-likeness (QED) is 0.728. The van der Waals surface area contributed by atoms with E-state index in [4.69, 9.17) is 0 Å². The van der Waals surface area contributed by atoms with Crippen LogP contribution >= 0.6 is 0 Å². The molecule has 4 heteroatoms. The Kier molecular flexibility index (Phi) is 4.73. The van der Waals surface area contributed by atoms with Crippen LogP contribution in [0.5, 0.6) is 0 Å². The Balaban J connectivity index is 2.24. The van der Waals surface area contributed by atoms with Crippen molar-refractivity contribution in [3.8, 4) is 0 Å². The summed E-state index contributed by atoms with van der Waals surface area (Å²) in [7, 11) is 0. The van der Waals surface area contributed by atoms with E-state index in [1.54, 1.807) is 0 Å². The lowest BCUT2D eigenvalue weighted by Gasteiger charge is -2.34. The van der Waals surface area contributed by atoms with Gasteiger partial charge in [-0.2, -0.15) is 0 Å². The molecule has 0 aromatic rings. The molecule has 0 aliphatic carbocycles. The summed E-state index contributed by atoms with van der Waals surface area (Å²) in [5, 5.41) is 2.83. The second kappa shape index (κ2) is 5.86. The van der Waals surface area contributed by atoms with E-state index in [-0.39, 0.29) is 6.03 Å². The first-order valence-electron chi connectivity index (χ1n) is 5.53. The van der Waals surface area contributed by atoms with E-state index >= 15 is 0 Å². The topological polar surface area (TPSA) is 35.6 Å². The van der Waals surface area contributed by atoms with Crippen molar-refractivity contribution in [1.29, 1.82) is 0 Å². The number of rotatable bonds is 3. The van der Waals surface area contributed by atoms with Crippen LogP contribution in [0.2, 0.25) is 0 Å². The third-order valence-electron chi connectivity index (χ3n) is 2.53. The molecule has 0 aromatic heterocycles. The molecule has 4 nitrogen and oxygen atoms in total. The lowest BCUT2D eigenvalue weighted by Crippen LogP contribution is -2.51. The Bertz CT molecular complexity index is 176. The van der Waals surface area contributed by atoms with Gasteiger partial charge in [0.25, 0.3) is 0 Å². The number of urea groups is 1. The van der Waals surface area contributed by atoms with Crippen molar-refractivity contribution in [2.45, 2.75) is 20.3 Å². The summed E-state index contributed by atoms with van der Waals surface area (Å²) in [4.78, 5) is 15.8. The van der Waals surface area contributed by atoms with E-state index in [2.05, 4.69) is 17.1 Å². The minimum absolute atomic E-state index is 0.0867. The fourth-order valence-electron chi connectivity index (χ4n) is 1.75. The van der Waals surface area contributed by atoms with Crippen LogP contribution < -0.4 is 5.32 Å². The van der Waals surface area contributed by atoms with Gasteiger partial charge in [0, 0.05) is 32.7 Å². The molecule has 0 unspecified atom stereocenters. The standard InChI is InChI=1S/C10H21N3O/c1-3-5-12-6-8-13(9-7-12)10(14)11-4-2/h3-9H2,1-2H3,(H,11,14). The first-order chi connectivity index (χ1) is 6.77. The molecule has 1 N–H and O–H groups in total. The van der Waals surface area contributed by atoms with Gasteiger partial charge < -0.3 is 10.2 Å². The minimum Gasteiger partial charge on any atom is -0.338 e. The highest BCUT2D eigenvalue weighted by molar-refractivity contribution is 5.74. The number of amides is 2. The lowest BCUT2D eigenvalue weighted by molar-refractivity contribution is 0.140. The maximum absolute atomic E-state index is 11.5. The molecular weight excluding hydrogens is 178 g/mol. The van der Waals surface area contributed by atoms with Gasteiger partial charge in [0.15, 0.2) is 0 Å². The van der Waals surface area contributed by atoms with Crippen LogP contribution in [0.4, 0.5) is 4.79 Å². The van der Waals surface area contributed by atoms with Gasteiger partial charge in [0.1, 0.15) is 0 Å². The van der Waals surface area contributed by atoms with Crippen molar-refractivity contribution in [3.63, 3.8) is 0 Å². The maximum atomic E-state index is 11.5. The van der Waals surface area contributed by atoms with E-state index in [9.17, 15) is 4.79 Å². The summed E-state index contributed by atoms with van der Waals surface area (Å²) in [6, 6.07) is 0.0867. The molecule has 1 heterocycles. The second-order valence-electron chi connectivity index (χ2n) is 3.66. The third kappa shape index (κ3) is 3.18. The van der Waals surface area contributed by atoms with Crippen LogP contribution in [0, 0.1) is 0 Å². The van der Waals surface area contributed by atoms with Gasteiger partial charge in [-0.3, -0.25) is 4.90 Å². The zero-order valence-electron chi connectivity index (χ0n) is 9.25. The van der Waals surface area contributed by atoms with Crippen LogP contribution in [0.3, 0.4) is 0 Å². The lowest BCUT2D eigenvalue weighted by atomic mass is 10.3. The second-order valence-corrected chi connectivity index (χ2v) is 3.66. The van der Waals surface area contributed by atoms with E-state index in [1.807, 2.05) is 11.8 Å². The van der Waals surface area contributed by atoms with Crippen LogP contribution in [0.1, 0.15) is 20.3 Å². The van der Waals surface area contributed by atoms with Crippen LogP contribution in [-0.4, -0.2) is 55.1 Å². The molecule has 0 atom stereocenters. The predicted molar refractivity (Wildman–Crippen MR) is 57.4 cm³/mol. The molecule has 82 valence electrons. The Morgan fingerprint density at radius 1 is 1.21 bits per heavy atom. The van der Waals surface area contributed by atoms with Gasteiger partial charge >= 0.3 is 6.03 Å².